The third-order valence-corrected chi connectivity index (χ3v) is 6.10. The van der Waals surface area contributed by atoms with E-state index in [1.54, 1.807) is 48.5 Å². The van der Waals surface area contributed by atoms with Crippen molar-refractivity contribution in [2.75, 3.05) is 41.3 Å². The lowest BCUT2D eigenvalue weighted by Gasteiger charge is -2.38. The van der Waals surface area contributed by atoms with Crippen LogP contribution in [0.2, 0.25) is 5.02 Å². The first-order valence-corrected chi connectivity index (χ1v) is 11.4. The molecule has 0 spiro atoms. The average Bonchev–Trinajstić information content (AvgIpc) is 2.87. The third kappa shape index (κ3) is 5.21. The van der Waals surface area contributed by atoms with Gasteiger partial charge in [-0.15, -0.1) is 0 Å². The SMILES string of the molecule is O=C(NC(=S)Nc1ccc(N2CCN(c3c(F)c(F)c(F)c(F)c3F)CC2)c(Cl)c1)c1ccccc1. The molecule has 5 nitrogen and oxygen atoms in total. The molecule has 0 radical (unpaired) electrons. The Morgan fingerprint density at radius 2 is 1.36 bits per heavy atom. The van der Waals surface area contributed by atoms with Crippen LogP contribution in [0.1, 0.15) is 10.4 Å². The summed E-state index contributed by atoms with van der Waals surface area (Å²) >= 11 is 11.6. The molecule has 3 aromatic carbocycles. The highest BCUT2D eigenvalue weighted by atomic mass is 35.5. The predicted octanol–water partition coefficient (Wildman–Crippen LogP) is 5.49. The van der Waals surface area contributed by atoms with Crippen LogP contribution in [0.4, 0.5) is 39.0 Å². The zero-order valence-corrected chi connectivity index (χ0v) is 20.0. The van der Waals surface area contributed by atoms with Crippen molar-refractivity contribution in [3.63, 3.8) is 0 Å². The van der Waals surface area contributed by atoms with Gasteiger partial charge in [0.15, 0.2) is 28.4 Å². The zero-order chi connectivity index (χ0) is 26.0. The highest BCUT2D eigenvalue weighted by molar-refractivity contribution is 7.80. The van der Waals surface area contributed by atoms with Gasteiger partial charge in [0, 0.05) is 37.4 Å². The Hall–Kier alpha value is -3.44. The van der Waals surface area contributed by atoms with E-state index in [0.717, 1.165) is 4.90 Å². The normalized spacial score (nSPS) is 13.5. The van der Waals surface area contributed by atoms with E-state index in [9.17, 15) is 26.7 Å². The van der Waals surface area contributed by atoms with E-state index < -0.39 is 34.8 Å². The molecule has 0 bridgehead atoms. The predicted molar refractivity (Wildman–Crippen MR) is 132 cm³/mol. The summed E-state index contributed by atoms with van der Waals surface area (Å²) in [5.74, 6) is -10.2. The summed E-state index contributed by atoms with van der Waals surface area (Å²) < 4.78 is 68.8. The van der Waals surface area contributed by atoms with Crippen LogP contribution in [0.15, 0.2) is 48.5 Å². The number of benzene rings is 3. The summed E-state index contributed by atoms with van der Waals surface area (Å²) in [4.78, 5) is 15.2. The van der Waals surface area contributed by atoms with Crippen LogP contribution in [0, 0.1) is 29.1 Å². The van der Waals surface area contributed by atoms with E-state index >= 15 is 0 Å². The molecular weight excluding hydrogens is 523 g/mol. The third-order valence-electron chi connectivity index (χ3n) is 5.59. The number of halogens is 6. The number of hydrogen-bond acceptors (Lipinski definition) is 4. The Balaban J connectivity index is 1.40. The largest absolute Gasteiger partial charge is 0.367 e. The minimum atomic E-state index is -2.19. The van der Waals surface area contributed by atoms with Gasteiger partial charge in [-0.2, -0.15) is 0 Å². The maximum atomic E-state index is 14.2. The molecule has 12 heteroatoms. The van der Waals surface area contributed by atoms with Crippen molar-refractivity contribution < 1.29 is 26.7 Å². The summed E-state index contributed by atoms with van der Waals surface area (Å²) in [5, 5.41) is 5.85. The topological polar surface area (TPSA) is 47.6 Å². The number of amides is 1. The van der Waals surface area contributed by atoms with Gasteiger partial charge in [0.05, 0.1) is 10.7 Å². The first-order valence-electron chi connectivity index (χ1n) is 10.7. The van der Waals surface area contributed by atoms with Gasteiger partial charge in [-0.3, -0.25) is 10.1 Å². The Labute approximate surface area is 213 Å². The first kappa shape index (κ1) is 25.6. The van der Waals surface area contributed by atoms with E-state index in [0.29, 0.717) is 22.0 Å². The fourth-order valence-corrected chi connectivity index (χ4v) is 4.32. The number of nitrogens with one attached hydrogen (secondary N) is 2. The molecule has 1 aliphatic heterocycles. The first-order chi connectivity index (χ1) is 17.2. The van der Waals surface area contributed by atoms with Gasteiger partial charge in [0.25, 0.3) is 5.91 Å². The van der Waals surface area contributed by atoms with E-state index in [1.165, 1.54) is 0 Å². The Morgan fingerprint density at radius 3 is 1.94 bits per heavy atom. The number of carbonyl (C=O) groups is 1. The quantitative estimate of drug-likeness (QED) is 0.198. The van der Waals surface area contributed by atoms with Crippen LogP contribution in [-0.2, 0) is 0 Å². The fraction of sp³-hybridized carbons (Fsp3) is 0.167. The summed E-state index contributed by atoms with van der Waals surface area (Å²) in [6, 6.07) is 13.5. The van der Waals surface area contributed by atoms with E-state index in [4.69, 9.17) is 23.8 Å². The Bertz CT molecular complexity index is 1290. The fourth-order valence-electron chi connectivity index (χ4n) is 3.81. The van der Waals surface area contributed by atoms with Gasteiger partial charge in [-0.25, -0.2) is 22.0 Å². The molecule has 3 aromatic rings. The second-order valence-corrected chi connectivity index (χ2v) is 8.65. The second kappa shape index (κ2) is 10.7. The molecule has 0 atom stereocenters. The maximum absolute atomic E-state index is 14.2. The second-order valence-electron chi connectivity index (χ2n) is 7.83. The molecule has 0 saturated carbocycles. The Kier molecular flexibility index (Phi) is 7.60. The van der Waals surface area contributed by atoms with Crippen molar-refractivity contribution in [2.45, 2.75) is 0 Å². The molecule has 188 valence electrons. The van der Waals surface area contributed by atoms with Crippen LogP contribution in [0.25, 0.3) is 0 Å². The lowest BCUT2D eigenvalue weighted by Crippen LogP contribution is -2.47. The average molecular weight is 541 g/mol. The monoisotopic (exact) mass is 540 g/mol. The molecule has 1 heterocycles. The lowest BCUT2D eigenvalue weighted by atomic mass is 10.2. The number of carbonyl (C=O) groups excluding carboxylic acids is 1. The van der Waals surface area contributed by atoms with Crippen molar-refractivity contribution in [3.8, 4) is 0 Å². The van der Waals surface area contributed by atoms with Crippen LogP contribution in [0.3, 0.4) is 0 Å². The molecule has 4 rings (SSSR count). The number of piperazine rings is 1. The van der Waals surface area contributed by atoms with Crippen LogP contribution >= 0.6 is 23.8 Å². The zero-order valence-electron chi connectivity index (χ0n) is 18.4. The van der Waals surface area contributed by atoms with E-state index in [1.807, 2.05) is 4.90 Å². The molecule has 0 aliphatic carbocycles. The standard InChI is InChI=1S/C24H18ClF5N4OS/c25-15-12-14(31-24(36)32-23(35)13-4-2-1-3-5-13)6-7-16(15)33-8-10-34(11-9-33)22-20(29)18(27)17(26)19(28)21(22)30/h1-7,12H,8-11H2,(H2,31,32,35,36). The summed E-state index contributed by atoms with van der Waals surface area (Å²) in [6.07, 6.45) is 0. The van der Waals surface area contributed by atoms with Crippen molar-refractivity contribution in [1.29, 1.82) is 0 Å². The molecule has 0 aromatic heterocycles. The van der Waals surface area contributed by atoms with Crippen LogP contribution < -0.4 is 20.4 Å². The molecule has 2 N–H and O–H groups in total. The molecule has 1 fully saturated rings. The molecular formula is C24H18ClF5N4OS. The van der Waals surface area contributed by atoms with Crippen LogP contribution in [0.5, 0.6) is 0 Å². The molecule has 1 aliphatic rings. The minimum Gasteiger partial charge on any atom is -0.367 e. The number of rotatable bonds is 4. The highest BCUT2D eigenvalue weighted by Gasteiger charge is 2.31. The van der Waals surface area contributed by atoms with Crippen molar-refractivity contribution >= 4 is 51.9 Å². The lowest BCUT2D eigenvalue weighted by molar-refractivity contribution is 0.0977. The molecule has 36 heavy (non-hydrogen) atoms. The van der Waals surface area contributed by atoms with Crippen molar-refractivity contribution in [3.05, 3.63) is 88.2 Å². The van der Waals surface area contributed by atoms with Gasteiger partial charge >= 0.3 is 0 Å². The molecule has 0 unspecified atom stereocenters. The Morgan fingerprint density at radius 1 is 0.806 bits per heavy atom. The van der Waals surface area contributed by atoms with Crippen molar-refractivity contribution in [1.82, 2.24) is 5.32 Å². The van der Waals surface area contributed by atoms with Crippen LogP contribution in [-0.4, -0.2) is 37.2 Å². The number of nitrogens with zero attached hydrogens (tertiary/aromatic N) is 2. The van der Waals surface area contributed by atoms with E-state index in [2.05, 4.69) is 10.6 Å². The van der Waals surface area contributed by atoms with Gasteiger partial charge < -0.3 is 15.1 Å². The van der Waals surface area contributed by atoms with Gasteiger partial charge in [-0.05, 0) is 42.5 Å². The summed E-state index contributed by atoms with van der Waals surface area (Å²) in [7, 11) is 0. The van der Waals surface area contributed by atoms with Gasteiger partial charge in [-0.1, -0.05) is 29.8 Å². The highest BCUT2D eigenvalue weighted by Crippen LogP contribution is 2.33. The maximum Gasteiger partial charge on any atom is 0.257 e. The van der Waals surface area contributed by atoms with E-state index in [-0.39, 0.29) is 37.2 Å². The molecule has 1 amide bonds. The smallest absolute Gasteiger partial charge is 0.257 e. The summed E-state index contributed by atoms with van der Waals surface area (Å²) in [5.41, 5.74) is 0.628. The van der Waals surface area contributed by atoms with Gasteiger partial charge in [0.2, 0.25) is 5.82 Å². The number of anilines is 3. The number of hydrogen-bond donors (Lipinski definition) is 2. The number of thiocarbonyl (C=S) groups is 1. The molecule has 1 saturated heterocycles. The van der Waals surface area contributed by atoms with Gasteiger partial charge in [0.1, 0.15) is 5.69 Å². The van der Waals surface area contributed by atoms with Crippen molar-refractivity contribution in [2.24, 2.45) is 0 Å². The minimum absolute atomic E-state index is 0.00425. The summed E-state index contributed by atoms with van der Waals surface area (Å²) in [6.45, 7) is 0.448.